The molecule has 0 aliphatic carbocycles. The van der Waals surface area contributed by atoms with Crippen LogP contribution in [0.1, 0.15) is 6.92 Å². The molecule has 14 heavy (non-hydrogen) atoms. The molecule has 0 aliphatic rings. The molecule has 1 rings (SSSR count). The van der Waals surface area contributed by atoms with Gasteiger partial charge in [0.05, 0.1) is 12.4 Å². The Morgan fingerprint density at radius 2 is 2.43 bits per heavy atom. The number of hydrogen-bond donors (Lipinski definition) is 1. The Balaban J connectivity index is 2.31. The Bertz CT molecular complexity index is 262. The lowest BCUT2D eigenvalue weighted by atomic mass is 10.4. The maximum atomic E-state index is 5.50. The van der Waals surface area contributed by atoms with E-state index in [9.17, 15) is 0 Å². The molecule has 0 saturated heterocycles. The Hall–Kier alpha value is -1.07. The monoisotopic (exact) mass is 199 g/mol. The average Bonchev–Trinajstić information content (AvgIpc) is 2.59. The van der Waals surface area contributed by atoms with Crippen LogP contribution in [0.25, 0.3) is 0 Å². The number of aromatic nitrogens is 2. The SMILES string of the molecule is CCOC(CN)COc1cnn(C)c1. The van der Waals surface area contributed by atoms with Gasteiger partial charge in [-0.3, -0.25) is 4.68 Å². The van der Waals surface area contributed by atoms with E-state index in [0.29, 0.717) is 19.8 Å². The van der Waals surface area contributed by atoms with Crippen LogP contribution in [0, 0.1) is 0 Å². The first kappa shape index (κ1) is 11.0. The maximum Gasteiger partial charge on any atom is 0.157 e. The summed E-state index contributed by atoms with van der Waals surface area (Å²) in [6, 6.07) is 0. The van der Waals surface area contributed by atoms with E-state index in [1.54, 1.807) is 17.1 Å². The largest absolute Gasteiger partial charge is 0.488 e. The Labute approximate surface area is 83.8 Å². The van der Waals surface area contributed by atoms with Gasteiger partial charge in [0.25, 0.3) is 0 Å². The molecule has 80 valence electrons. The van der Waals surface area contributed by atoms with Crippen LogP contribution in [0.5, 0.6) is 5.75 Å². The number of hydrogen-bond acceptors (Lipinski definition) is 4. The predicted molar refractivity (Wildman–Crippen MR) is 53.2 cm³/mol. The molecule has 0 spiro atoms. The lowest BCUT2D eigenvalue weighted by Crippen LogP contribution is -2.30. The number of ether oxygens (including phenoxy) is 2. The molecular weight excluding hydrogens is 182 g/mol. The molecule has 0 aromatic carbocycles. The van der Waals surface area contributed by atoms with Gasteiger partial charge in [0.1, 0.15) is 12.7 Å². The minimum absolute atomic E-state index is 0.0415. The minimum atomic E-state index is -0.0415. The van der Waals surface area contributed by atoms with Crippen molar-refractivity contribution < 1.29 is 9.47 Å². The quantitative estimate of drug-likeness (QED) is 0.709. The fourth-order valence-corrected chi connectivity index (χ4v) is 1.08. The van der Waals surface area contributed by atoms with E-state index >= 15 is 0 Å². The van der Waals surface area contributed by atoms with Gasteiger partial charge in [-0.05, 0) is 6.92 Å². The molecule has 1 heterocycles. The minimum Gasteiger partial charge on any atom is -0.488 e. The first-order valence-electron chi connectivity index (χ1n) is 4.69. The molecule has 1 aromatic heterocycles. The van der Waals surface area contributed by atoms with Crippen molar-refractivity contribution >= 4 is 0 Å². The number of nitrogens with zero attached hydrogens (tertiary/aromatic N) is 2. The van der Waals surface area contributed by atoms with E-state index in [4.69, 9.17) is 15.2 Å². The van der Waals surface area contributed by atoms with Crippen molar-refractivity contribution in [1.29, 1.82) is 0 Å². The molecule has 0 saturated carbocycles. The van der Waals surface area contributed by atoms with E-state index in [1.165, 1.54) is 0 Å². The highest BCUT2D eigenvalue weighted by molar-refractivity contribution is 5.11. The lowest BCUT2D eigenvalue weighted by Gasteiger charge is -2.14. The summed E-state index contributed by atoms with van der Waals surface area (Å²) in [5.41, 5.74) is 5.50. The Kier molecular flexibility index (Phi) is 4.42. The zero-order chi connectivity index (χ0) is 10.4. The van der Waals surface area contributed by atoms with Crippen molar-refractivity contribution in [3.63, 3.8) is 0 Å². The molecule has 0 fully saturated rings. The second-order valence-electron chi connectivity index (χ2n) is 2.97. The molecule has 0 radical (unpaired) electrons. The predicted octanol–water partition coefficient (Wildman–Crippen LogP) is 0.163. The Morgan fingerprint density at radius 1 is 1.64 bits per heavy atom. The normalized spacial score (nSPS) is 12.8. The highest BCUT2D eigenvalue weighted by Gasteiger charge is 2.07. The van der Waals surface area contributed by atoms with E-state index in [0.717, 1.165) is 5.75 Å². The highest BCUT2D eigenvalue weighted by atomic mass is 16.5. The molecule has 5 nitrogen and oxygen atoms in total. The summed E-state index contributed by atoms with van der Waals surface area (Å²) in [6.45, 7) is 3.52. The number of nitrogens with two attached hydrogens (primary N) is 1. The van der Waals surface area contributed by atoms with E-state index in [1.807, 2.05) is 14.0 Å². The third-order valence-corrected chi connectivity index (χ3v) is 1.78. The van der Waals surface area contributed by atoms with Crippen LogP contribution >= 0.6 is 0 Å². The van der Waals surface area contributed by atoms with Gasteiger partial charge in [0.15, 0.2) is 5.75 Å². The highest BCUT2D eigenvalue weighted by Crippen LogP contribution is 2.07. The molecule has 1 atom stereocenters. The summed E-state index contributed by atoms with van der Waals surface area (Å²) in [5, 5.41) is 3.99. The molecule has 1 aromatic rings. The number of aryl methyl sites for hydroxylation is 1. The first-order chi connectivity index (χ1) is 6.76. The van der Waals surface area contributed by atoms with Gasteiger partial charge in [-0.25, -0.2) is 0 Å². The summed E-state index contributed by atoms with van der Waals surface area (Å²) in [5.74, 6) is 0.741. The Morgan fingerprint density at radius 3 is 2.93 bits per heavy atom. The van der Waals surface area contributed by atoms with Gasteiger partial charge in [0, 0.05) is 20.2 Å². The fourth-order valence-electron chi connectivity index (χ4n) is 1.08. The zero-order valence-electron chi connectivity index (χ0n) is 8.64. The number of rotatable bonds is 6. The molecule has 5 heteroatoms. The lowest BCUT2D eigenvalue weighted by molar-refractivity contribution is 0.0337. The molecule has 0 aliphatic heterocycles. The van der Waals surface area contributed by atoms with Gasteiger partial charge < -0.3 is 15.2 Å². The smallest absolute Gasteiger partial charge is 0.157 e. The molecule has 0 bridgehead atoms. The van der Waals surface area contributed by atoms with E-state index in [-0.39, 0.29) is 6.10 Å². The summed E-state index contributed by atoms with van der Waals surface area (Å²) in [4.78, 5) is 0. The van der Waals surface area contributed by atoms with Gasteiger partial charge in [-0.15, -0.1) is 0 Å². The zero-order valence-corrected chi connectivity index (χ0v) is 8.64. The third-order valence-electron chi connectivity index (χ3n) is 1.78. The summed E-state index contributed by atoms with van der Waals surface area (Å²) in [6.07, 6.45) is 3.43. The van der Waals surface area contributed by atoms with Crippen molar-refractivity contribution in [3.05, 3.63) is 12.4 Å². The van der Waals surface area contributed by atoms with Crippen LogP contribution < -0.4 is 10.5 Å². The second kappa shape index (κ2) is 5.62. The van der Waals surface area contributed by atoms with Gasteiger partial charge in [-0.1, -0.05) is 0 Å². The van der Waals surface area contributed by atoms with Gasteiger partial charge in [-0.2, -0.15) is 5.10 Å². The van der Waals surface area contributed by atoms with Crippen molar-refractivity contribution in [3.8, 4) is 5.75 Å². The molecule has 2 N–H and O–H groups in total. The van der Waals surface area contributed by atoms with Crippen LogP contribution in [-0.4, -0.2) is 35.6 Å². The average molecular weight is 199 g/mol. The summed E-state index contributed by atoms with van der Waals surface area (Å²) >= 11 is 0. The van der Waals surface area contributed by atoms with Crippen molar-refractivity contribution in [1.82, 2.24) is 9.78 Å². The third kappa shape index (κ3) is 3.35. The standard InChI is InChI=1S/C9H17N3O2/c1-3-13-8(4-10)7-14-9-5-11-12(2)6-9/h5-6,8H,3-4,7,10H2,1-2H3. The van der Waals surface area contributed by atoms with Crippen LogP contribution in [-0.2, 0) is 11.8 Å². The van der Waals surface area contributed by atoms with Crippen LogP contribution in [0.2, 0.25) is 0 Å². The van der Waals surface area contributed by atoms with E-state index in [2.05, 4.69) is 5.10 Å². The first-order valence-corrected chi connectivity index (χ1v) is 4.69. The maximum absolute atomic E-state index is 5.50. The van der Waals surface area contributed by atoms with Crippen molar-refractivity contribution in [2.45, 2.75) is 13.0 Å². The topological polar surface area (TPSA) is 62.3 Å². The second-order valence-corrected chi connectivity index (χ2v) is 2.97. The van der Waals surface area contributed by atoms with Crippen molar-refractivity contribution in [2.75, 3.05) is 19.8 Å². The summed E-state index contributed by atoms with van der Waals surface area (Å²) in [7, 11) is 1.84. The van der Waals surface area contributed by atoms with Crippen LogP contribution in [0.4, 0.5) is 0 Å². The molecular formula is C9H17N3O2. The van der Waals surface area contributed by atoms with Crippen LogP contribution in [0.15, 0.2) is 12.4 Å². The summed E-state index contributed by atoms with van der Waals surface area (Å²) < 4.78 is 12.5. The van der Waals surface area contributed by atoms with Gasteiger partial charge >= 0.3 is 0 Å². The van der Waals surface area contributed by atoms with Gasteiger partial charge in [0.2, 0.25) is 0 Å². The molecule has 1 unspecified atom stereocenters. The van der Waals surface area contributed by atoms with Crippen LogP contribution in [0.3, 0.4) is 0 Å². The fraction of sp³-hybridized carbons (Fsp3) is 0.667. The van der Waals surface area contributed by atoms with Crippen molar-refractivity contribution in [2.24, 2.45) is 12.8 Å². The van der Waals surface area contributed by atoms with E-state index < -0.39 is 0 Å². The molecule has 0 amide bonds.